The van der Waals surface area contributed by atoms with Crippen molar-refractivity contribution < 1.29 is 8.42 Å². The second-order valence-corrected chi connectivity index (χ2v) is 8.23. The van der Waals surface area contributed by atoms with Crippen LogP contribution in [0.5, 0.6) is 0 Å². The summed E-state index contributed by atoms with van der Waals surface area (Å²) >= 11 is 0. The Morgan fingerprint density at radius 1 is 1.09 bits per heavy atom. The highest BCUT2D eigenvalue weighted by molar-refractivity contribution is 7.89. The van der Waals surface area contributed by atoms with Gasteiger partial charge in [0.15, 0.2) is 0 Å². The molecule has 2 aliphatic rings. The highest BCUT2D eigenvalue weighted by atomic mass is 32.2. The van der Waals surface area contributed by atoms with E-state index in [1.54, 1.807) is 4.31 Å². The zero-order chi connectivity index (χ0) is 15.4. The number of benzene rings is 1. The summed E-state index contributed by atoms with van der Waals surface area (Å²) in [5, 5.41) is 3.34. The average Bonchev–Trinajstić information content (AvgIpc) is 3.06. The summed E-state index contributed by atoms with van der Waals surface area (Å²) < 4.78 is 26.8. The molecule has 0 aliphatic carbocycles. The molecule has 2 fully saturated rings. The fourth-order valence-electron chi connectivity index (χ4n) is 3.33. The molecule has 0 amide bonds. The van der Waals surface area contributed by atoms with Crippen LogP contribution in [0, 0.1) is 0 Å². The van der Waals surface area contributed by atoms with Gasteiger partial charge in [-0.25, -0.2) is 12.7 Å². The first kappa shape index (κ1) is 15.9. The molecule has 0 saturated carbocycles. The number of rotatable bonds is 5. The molecule has 5 nitrogen and oxygen atoms in total. The second kappa shape index (κ2) is 7.08. The Labute approximate surface area is 133 Å². The molecule has 122 valence electrons. The van der Waals surface area contributed by atoms with E-state index >= 15 is 0 Å². The quantitative estimate of drug-likeness (QED) is 0.859. The van der Waals surface area contributed by atoms with E-state index in [0.717, 1.165) is 38.2 Å². The molecule has 1 aromatic carbocycles. The highest BCUT2D eigenvalue weighted by Gasteiger charge is 2.34. The third kappa shape index (κ3) is 3.87. The Morgan fingerprint density at radius 2 is 1.82 bits per heavy atom. The van der Waals surface area contributed by atoms with Crippen molar-refractivity contribution >= 4 is 10.0 Å². The smallest absolute Gasteiger partial charge is 0.214 e. The van der Waals surface area contributed by atoms with E-state index in [4.69, 9.17) is 0 Å². The normalized spacial score (nSPS) is 24.6. The monoisotopic (exact) mass is 323 g/mol. The summed E-state index contributed by atoms with van der Waals surface area (Å²) in [4.78, 5) is 2.43. The minimum Gasteiger partial charge on any atom is -0.314 e. The molecule has 0 radical (unpaired) electrons. The molecule has 1 aromatic rings. The summed E-state index contributed by atoms with van der Waals surface area (Å²) in [6.45, 7) is 5.42. The van der Waals surface area contributed by atoms with E-state index in [-0.39, 0.29) is 5.75 Å². The molecule has 1 atom stereocenters. The summed E-state index contributed by atoms with van der Waals surface area (Å²) in [5.74, 6) is 0.214. The van der Waals surface area contributed by atoms with Crippen molar-refractivity contribution in [3.8, 4) is 0 Å². The van der Waals surface area contributed by atoms with Crippen molar-refractivity contribution in [3.05, 3.63) is 35.9 Å². The molecule has 1 unspecified atom stereocenters. The number of aryl methyl sites for hydroxylation is 1. The first-order valence-corrected chi connectivity index (χ1v) is 9.72. The number of hydrogen-bond acceptors (Lipinski definition) is 4. The molecule has 3 rings (SSSR count). The Morgan fingerprint density at radius 3 is 2.55 bits per heavy atom. The van der Waals surface area contributed by atoms with Crippen LogP contribution in [0.4, 0.5) is 0 Å². The average molecular weight is 323 g/mol. The lowest BCUT2D eigenvalue weighted by Crippen LogP contribution is -2.49. The van der Waals surface area contributed by atoms with Gasteiger partial charge in [0, 0.05) is 45.3 Å². The van der Waals surface area contributed by atoms with Gasteiger partial charge in [-0.15, -0.1) is 0 Å². The first-order chi connectivity index (χ1) is 10.6. The Bertz CT molecular complexity index is 570. The molecule has 1 N–H and O–H groups in total. The third-order valence-corrected chi connectivity index (χ3v) is 6.52. The van der Waals surface area contributed by atoms with E-state index < -0.39 is 10.0 Å². The van der Waals surface area contributed by atoms with Gasteiger partial charge in [-0.3, -0.25) is 4.90 Å². The van der Waals surface area contributed by atoms with Gasteiger partial charge in [0.05, 0.1) is 5.75 Å². The molecular formula is C16H25N3O2S. The molecule has 0 bridgehead atoms. The van der Waals surface area contributed by atoms with Crippen LogP contribution in [0.2, 0.25) is 0 Å². The number of sulfonamides is 1. The topological polar surface area (TPSA) is 52.7 Å². The molecule has 2 saturated heterocycles. The number of piperazine rings is 1. The van der Waals surface area contributed by atoms with Gasteiger partial charge in [0.25, 0.3) is 0 Å². The van der Waals surface area contributed by atoms with Gasteiger partial charge in [0.2, 0.25) is 10.0 Å². The van der Waals surface area contributed by atoms with Crippen LogP contribution < -0.4 is 5.32 Å². The van der Waals surface area contributed by atoms with Crippen LogP contribution in [-0.2, 0) is 16.4 Å². The maximum atomic E-state index is 12.5. The zero-order valence-corrected chi connectivity index (χ0v) is 13.8. The van der Waals surface area contributed by atoms with Gasteiger partial charge in [0.1, 0.15) is 0 Å². The van der Waals surface area contributed by atoms with Crippen molar-refractivity contribution in [1.29, 1.82) is 0 Å². The summed E-state index contributed by atoms with van der Waals surface area (Å²) in [5.41, 5.74) is 1.09. The van der Waals surface area contributed by atoms with Crippen LogP contribution >= 0.6 is 0 Å². The van der Waals surface area contributed by atoms with Gasteiger partial charge < -0.3 is 5.32 Å². The largest absolute Gasteiger partial charge is 0.314 e. The van der Waals surface area contributed by atoms with Crippen molar-refractivity contribution in [3.63, 3.8) is 0 Å². The summed E-state index contributed by atoms with van der Waals surface area (Å²) in [6, 6.07) is 10.2. The minimum absolute atomic E-state index is 0.214. The van der Waals surface area contributed by atoms with Crippen LogP contribution in [0.15, 0.2) is 30.3 Å². The van der Waals surface area contributed by atoms with Crippen LogP contribution in [0.3, 0.4) is 0 Å². The van der Waals surface area contributed by atoms with Crippen molar-refractivity contribution in [2.75, 3.05) is 45.0 Å². The lowest BCUT2D eigenvalue weighted by molar-refractivity contribution is 0.179. The predicted octanol–water partition coefficient (Wildman–Crippen LogP) is 0.538. The van der Waals surface area contributed by atoms with E-state index in [1.165, 1.54) is 0 Å². The van der Waals surface area contributed by atoms with Crippen LogP contribution in [-0.4, -0.2) is 68.7 Å². The Balaban J connectivity index is 1.54. The van der Waals surface area contributed by atoms with Crippen molar-refractivity contribution in [2.24, 2.45) is 0 Å². The van der Waals surface area contributed by atoms with Crippen LogP contribution in [0.1, 0.15) is 12.0 Å². The highest BCUT2D eigenvalue weighted by Crippen LogP contribution is 2.20. The van der Waals surface area contributed by atoms with Crippen LogP contribution in [0.25, 0.3) is 0 Å². The Hall–Kier alpha value is -0.950. The van der Waals surface area contributed by atoms with E-state index in [9.17, 15) is 8.42 Å². The zero-order valence-electron chi connectivity index (χ0n) is 12.9. The Kier molecular flexibility index (Phi) is 5.13. The van der Waals surface area contributed by atoms with E-state index in [0.29, 0.717) is 25.6 Å². The third-order valence-electron chi connectivity index (χ3n) is 4.68. The standard InChI is InChI=1S/C16H25N3O2S/c20-22(21,13-7-15-4-2-1-3-5-15)19-10-6-16(14-19)18-11-8-17-9-12-18/h1-5,16-17H,6-14H2. The lowest BCUT2D eigenvalue weighted by atomic mass is 10.2. The molecule has 0 aromatic heterocycles. The van der Waals surface area contributed by atoms with Gasteiger partial charge >= 0.3 is 0 Å². The molecule has 2 heterocycles. The summed E-state index contributed by atoms with van der Waals surface area (Å²) in [6.07, 6.45) is 1.56. The van der Waals surface area contributed by atoms with Gasteiger partial charge in [-0.1, -0.05) is 30.3 Å². The maximum absolute atomic E-state index is 12.5. The maximum Gasteiger partial charge on any atom is 0.214 e. The minimum atomic E-state index is -3.14. The molecule has 6 heteroatoms. The van der Waals surface area contributed by atoms with Gasteiger partial charge in [-0.05, 0) is 18.4 Å². The molecule has 22 heavy (non-hydrogen) atoms. The molecule has 2 aliphatic heterocycles. The fourth-order valence-corrected chi connectivity index (χ4v) is 4.86. The van der Waals surface area contributed by atoms with E-state index in [1.807, 2.05) is 30.3 Å². The fraction of sp³-hybridized carbons (Fsp3) is 0.625. The molecular weight excluding hydrogens is 298 g/mol. The van der Waals surface area contributed by atoms with E-state index in [2.05, 4.69) is 10.2 Å². The number of nitrogens with one attached hydrogen (secondary N) is 1. The summed E-state index contributed by atoms with van der Waals surface area (Å²) in [7, 11) is -3.14. The van der Waals surface area contributed by atoms with Gasteiger partial charge in [-0.2, -0.15) is 0 Å². The van der Waals surface area contributed by atoms with Crippen molar-refractivity contribution in [2.45, 2.75) is 18.9 Å². The first-order valence-electron chi connectivity index (χ1n) is 8.12. The van der Waals surface area contributed by atoms with Crippen molar-refractivity contribution in [1.82, 2.24) is 14.5 Å². The number of nitrogens with zero attached hydrogens (tertiary/aromatic N) is 2. The number of hydrogen-bond donors (Lipinski definition) is 1. The SMILES string of the molecule is O=S(=O)(CCc1ccccc1)N1CCC(N2CCNCC2)C1. The molecule has 0 spiro atoms. The second-order valence-electron chi connectivity index (χ2n) is 6.14. The lowest BCUT2D eigenvalue weighted by Gasteiger charge is -2.32. The predicted molar refractivity (Wildman–Crippen MR) is 88.4 cm³/mol.